The first-order valence-electron chi connectivity index (χ1n) is 6.10. The molecular weight excluding hydrogens is 240 g/mol. The lowest BCUT2D eigenvalue weighted by Gasteiger charge is -2.10. The third-order valence-corrected chi connectivity index (χ3v) is 3.21. The van der Waals surface area contributed by atoms with Gasteiger partial charge < -0.3 is 10.2 Å². The van der Waals surface area contributed by atoms with Gasteiger partial charge in [0.1, 0.15) is 11.5 Å². The Kier molecular flexibility index (Phi) is 3.56. The van der Waals surface area contributed by atoms with E-state index < -0.39 is 0 Å². The van der Waals surface area contributed by atoms with Gasteiger partial charge in [-0.2, -0.15) is 0 Å². The zero-order chi connectivity index (χ0) is 14.0. The van der Waals surface area contributed by atoms with Gasteiger partial charge in [0.25, 0.3) is 0 Å². The second-order valence-electron chi connectivity index (χ2n) is 4.65. The highest BCUT2D eigenvalue weighted by atomic mass is 16.3. The van der Waals surface area contributed by atoms with Gasteiger partial charge in [0, 0.05) is 12.0 Å². The molecule has 0 atom stereocenters. The molecule has 0 bridgehead atoms. The van der Waals surface area contributed by atoms with Crippen molar-refractivity contribution in [3.05, 3.63) is 58.7 Å². The fourth-order valence-electron chi connectivity index (χ4n) is 2.05. The van der Waals surface area contributed by atoms with Crippen molar-refractivity contribution in [3.63, 3.8) is 0 Å². The molecule has 0 unspecified atom stereocenters. The van der Waals surface area contributed by atoms with Crippen LogP contribution in [0.1, 0.15) is 27.0 Å². The standard InChI is InChI=1S/C16H16O3/c1-10-8-13(16(19)11(2)15(10)18)14(17)9-12-6-4-3-5-7-12/h3-8,18-19H,9H2,1-2H3. The van der Waals surface area contributed by atoms with Crippen LogP contribution in [0.5, 0.6) is 11.5 Å². The molecule has 0 aromatic heterocycles. The van der Waals surface area contributed by atoms with E-state index in [4.69, 9.17) is 0 Å². The van der Waals surface area contributed by atoms with Crippen LogP contribution in [0.25, 0.3) is 0 Å². The molecule has 0 amide bonds. The first-order valence-corrected chi connectivity index (χ1v) is 6.10. The number of phenols is 2. The van der Waals surface area contributed by atoms with Gasteiger partial charge in [-0.3, -0.25) is 4.79 Å². The van der Waals surface area contributed by atoms with Crippen molar-refractivity contribution in [1.82, 2.24) is 0 Å². The Balaban J connectivity index is 2.35. The van der Waals surface area contributed by atoms with Crippen LogP contribution in [-0.4, -0.2) is 16.0 Å². The molecule has 2 rings (SSSR count). The number of carbonyl (C=O) groups excluding carboxylic acids is 1. The number of aromatic hydroxyl groups is 2. The molecule has 98 valence electrons. The molecule has 0 saturated heterocycles. The Morgan fingerprint density at radius 3 is 2.32 bits per heavy atom. The lowest BCUT2D eigenvalue weighted by molar-refractivity contribution is 0.0990. The Labute approximate surface area is 112 Å². The van der Waals surface area contributed by atoms with Crippen molar-refractivity contribution in [2.45, 2.75) is 20.3 Å². The molecule has 0 radical (unpaired) electrons. The van der Waals surface area contributed by atoms with Crippen LogP contribution in [0.2, 0.25) is 0 Å². The Hall–Kier alpha value is -2.29. The molecule has 3 nitrogen and oxygen atoms in total. The van der Waals surface area contributed by atoms with Gasteiger partial charge in [-0.1, -0.05) is 30.3 Å². The molecule has 0 aliphatic heterocycles. The first kappa shape index (κ1) is 13.1. The summed E-state index contributed by atoms with van der Waals surface area (Å²) in [6.45, 7) is 3.30. The maximum Gasteiger partial charge on any atom is 0.170 e. The number of benzene rings is 2. The third-order valence-electron chi connectivity index (χ3n) is 3.21. The van der Waals surface area contributed by atoms with E-state index in [-0.39, 0.29) is 29.3 Å². The Morgan fingerprint density at radius 2 is 1.68 bits per heavy atom. The molecule has 0 aliphatic rings. The van der Waals surface area contributed by atoms with Gasteiger partial charge in [-0.25, -0.2) is 0 Å². The molecule has 0 spiro atoms. The largest absolute Gasteiger partial charge is 0.507 e. The normalized spacial score (nSPS) is 10.4. The van der Waals surface area contributed by atoms with Crippen LogP contribution >= 0.6 is 0 Å². The highest BCUT2D eigenvalue weighted by Gasteiger charge is 2.17. The topological polar surface area (TPSA) is 57.5 Å². The van der Waals surface area contributed by atoms with Gasteiger partial charge in [-0.05, 0) is 31.0 Å². The summed E-state index contributed by atoms with van der Waals surface area (Å²) in [5, 5.41) is 19.7. The first-order chi connectivity index (χ1) is 9.00. The van der Waals surface area contributed by atoms with Gasteiger partial charge in [0.05, 0.1) is 5.56 Å². The molecule has 0 aliphatic carbocycles. The van der Waals surface area contributed by atoms with E-state index in [9.17, 15) is 15.0 Å². The van der Waals surface area contributed by atoms with E-state index in [1.165, 1.54) is 6.07 Å². The predicted molar refractivity (Wildman–Crippen MR) is 73.7 cm³/mol. The van der Waals surface area contributed by atoms with E-state index >= 15 is 0 Å². The average molecular weight is 256 g/mol. The average Bonchev–Trinajstić information content (AvgIpc) is 2.41. The fourth-order valence-corrected chi connectivity index (χ4v) is 2.05. The zero-order valence-electron chi connectivity index (χ0n) is 11.0. The predicted octanol–water partition coefficient (Wildman–Crippen LogP) is 3.14. The molecular formula is C16H16O3. The van der Waals surface area contributed by atoms with Crippen molar-refractivity contribution >= 4 is 5.78 Å². The summed E-state index contributed by atoms with van der Waals surface area (Å²) in [5.74, 6) is -0.257. The minimum atomic E-state index is -0.157. The van der Waals surface area contributed by atoms with Crippen LogP contribution in [-0.2, 0) is 6.42 Å². The number of ketones is 1. The SMILES string of the molecule is Cc1cc(C(=O)Cc2ccccc2)c(O)c(C)c1O. The summed E-state index contributed by atoms with van der Waals surface area (Å²) in [4.78, 5) is 12.2. The van der Waals surface area contributed by atoms with Gasteiger partial charge >= 0.3 is 0 Å². The third kappa shape index (κ3) is 2.60. The van der Waals surface area contributed by atoms with Crippen molar-refractivity contribution < 1.29 is 15.0 Å². The van der Waals surface area contributed by atoms with Crippen LogP contribution in [0.15, 0.2) is 36.4 Å². The van der Waals surface area contributed by atoms with E-state index in [1.807, 2.05) is 30.3 Å². The van der Waals surface area contributed by atoms with Crippen LogP contribution < -0.4 is 0 Å². The monoisotopic (exact) mass is 256 g/mol. The maximum absolute atomic E-state index is 12.2. The van der Waals surface area contributed by atoms with Crippen molar-refractivity contribution in [1.29, 1.82) is 0 Å². The number of hydrogen-bond acceptors (Lipinski definition) is 3. The summed E-state index contributed by atoms with van der Waals surface area (Å²) in [6, 6.07) is 10.9. The minimum Gasteiger partial charge on any atom is -0.507 e. The van der Waals surface area contributed by atoms with E-state index in [0.29, 0.717) is 11.1 Å². The number of carbonyl (C=O) groups is 1. The van der Waals surface area contributed by atoms with Crippen LogP contribution in [0.4, 0.5) is 0 Å². The fraction of sp³-hybridized carbons (Fsp3) is 0.188. The summed E-state index contributed by atoms with van der Waals surface area (Å²) in [7, 11) is 0. The van der Waals surface area contributed by atoms with Crippen LogP contribution in [0.3, 0.4) is 0 Å². The second-order valence-corrected chi connectivity index (χ2v) is 4.65. The zero-order valence-corrected chi connectivity index (χ0v) is 11.0. The molecule has 0 heterocycles. The van der Waals surface area contributed by atoms with Gasteiger partial charge in [0.15, 0.2) is 5.78 Å². The summed E-state index contributed by atoms with van der Waals surface area (Å²) in [5.41, 5.74) is 2.09. The summed E-state index contributed by atoms with van der Waals surface area (Å²) in [6.07, 6.45) is 0.234. The molecule has 19 heavy (non-hydrogen) atoms. The summed E-state index contributed by atoms with van der Waals surface area (Å²) < 4.78 is 0. The molecule has 2 aromatic carbocycles. The lowest BCUT2D eigenvalue weighted by Crippen LogP contribution is -2.05. The molecule has 0 fully saturated rings. The smallest absolute Gasteiger partial charge is 0.170 e. The molecule has 0 saturated carbocycles. The lowest BCUT2D eigenvalue weighted by atomic mass is 9.97. The highest BCUT2D eigenvalue weighted by Crippen LogP contribution is 2.33. The van der Waals surface area contributed by atoms with Gasteiger partial charge in [0.2, 0.25) is 0 Å². The minimum absolute atomic E-state index is 0.0359. The number of hydrogen-bond donors (Lipinski definition) is 2. The second kappa shape index (κ2) is 5.14. The number of phenolic OH excluding ortho intramolecular Hbond substituents is 2. The van der Waals surface area contributed by atoms with Crippen molar-refractivity contribution in [2.75, 3.05) is 0 Å². The van der Waals surface area contributed by atoms with Crippen molar-refractivity contribution in [2.24, 2.45) is 0 Å². The van der Waals surface area contributed by atoms with E-state index in [0.717, 1.165) is 5.56 Å². The van der Waals surface area contributed by atoms with Crippen molar-refractivity contribution in [3.8, 4) is 11.5 Å². The quantitative estimate of drug-likeness (QED) is 0.829. The van der Waals surface area contributed by atoms with Gasteiger partial charge in [-0.15, -0.1) is 0 Å². The Morgan fingerprint density at radius 1 is 1.05 bits per heavy atom. The maximum atomic E-state index is 12.2. The van der Waals surface area contributed by atoms with E-state index in [2.05, 4.69) is 0 Å². The molecule has 2 aromatic rings. The molecule has 3 heteroatoms. The highest BCUT2D eigenvalue weighted by molar-refractivity contribution is 6.00. The van der Waals surface area contributed by atoms with Crippen LogP contribution in [0, 0.1) is 13.8 Å². The molecule has 2 N–H and O–H groups in total. The number of rotatable bonds is 3. The van der Waals surface area contributed by atoms with E-state index in [1.54, 1.807) is 13.8 Å². The summed E-state index contributed by atoms with van der Waals surface area (Å²) >= 11 is 0. The number of Topliss-reactive ketones (excluding diaryl/α,β-unsaturated/α-hetero) is 1. The Bertz CT molecular complexity index is 616. The number of aryl methyl sites for hydroxylation is 1.